The van der Waals surface area contributed by atoms with Crippen molar-refractivity contribution in [3.63, 3.8) is 0 Å². The van der Waals surface area contributed by atoms with Gasteiger partial charge in [0.15, 0.2) is 0 Å². The van der Waals surface area contributed by atoms with Crippen molar-refractivity contribution < 1.29 is 14.7 Å². The van der Waals surface area contributed by atoms with Crippen LogP contribution >= 0.6 is 0 Å². The van der Waals surface area contributed by atoms with E-state index in [1.165, 1.54) is 12.3 Å². The van der Waals surface area contributed by atoms with E-state index in [1.807, 2.05) is 12.2 Å². The second-order valence-corrected chi connectivity index (χ2v) is 5.79. The van der Waals surface area contributed by atoms with Crippen LogP contribution in [0.5, 0.6) is 5.75 Å². The zero-order chi connectivity index (χ0) is 14.6. The van der Waals surface area contributed by atoms with Crippen molar-refractivity contribution in [3.05, 3.63) is 42.0 Å². The number of amides is 2. The highest BCUT2D eigenvalue weighted by atomic mass is 16.3. The van der Waals surface area contributed by atoms with Crippen LogP contribution in [-0.2, 0) is 9.59 Å². The SMILES string of the molecule is O=C1[C@@H]2[C@@H](C(=O)N1/N=C\c1ccccc1O)[C@H]1C=C[C@H]2C1. The molecule has 1 saturated carbocycles. The van der Waals surface area contributed by atoms with E-state index in [2.05, 4.69) is 5.10 Å². The van der Waals surface area contributed by atoms with Crippen LogP contribution in [0.4, 0.5) is 0 Å². The molecule has 0 spiro atoms. The quantitative estimate of drug-likeness (QED) is 0.508. The van der Waals surface area contributed by atoms with Gasteiger partial charge in [-0.25, -0.2) is 0 Å². The highest BCUT2D eigenvalue weighted by Crippen LogP contribution is 2.52. The number of hydrazone groups is 1. The van der Waals surface area contributed by atoms with Gasteiger partial charge in [-0.15, -0.1) is 0 Å². The molecule has 106 valence electrons. The summed E-state index contributed by atoms with van der Waals surface area (Å²) >= 11 is 0. The molecule has 5 heteroatoms. The van der Waals surface area contributed by atoms with E-state index in [9.17, 15) is 14.7 Å². The van der Waals surface area contributed by atoms with Crippen molar-refractivity contribution in [2.45, 2.75) is 6.42 Å². The van der Waals surface area contributed by atoms with Crippen LogP contribution < -0.4 is 0 Å². The number of nitrogens with zero attached hydrogens (tertiary/aromatic N) is 2. The Morgan fingerprint density at radius 1 is 1.10 bits per heavy atom. The molecule has 4 rings (SSSR count). The fraction of sp³-hybridized carbons (Fsp3) is 0.312. The van der Waals surface area contributed by atoms with E-state index in [0.717, 1.165) is 11.4 Å². The van der Waals surface area contributed by atoms with E-state index in [0.29, 0.717) is 5.56 Å². The van der Waals surface area contributed by atoms with Gasteiger partial charge in [0.2, 0.25) is 0 Å². The number of benzene rings is 1. The van der Waals surface area contributed by atoms with Crippen LogP contribution in [-0.4, -0.2) is 28.1 Å². The van der Waals surface area contributed by atoms with E-state index < -0.39 is 0 Å². The zero-order valence-electron chi connectivity index (χ0n) is 11.2. The van der Waals surface area contributed by atoms with Crippen molar-refractivity contribution in [1.29, 1.82) is 0 Å². The molecular formula is C16H14N2O3. The van der Waals surface area contributed by atoms with Gasteiger partial charge in [0, 0.05) is 5.56 Å². The van der Waals surface area contributed by atoms with Crippen molar-refractivity contribution in [3.8, 4) is 5.75 Å². The first-order chi connectivity index (χ1) is 10.2. The maximum Gasteiger partial charge on any atom is 0.254 e. The van der Waals surface area contributed by atoms with Gasteiger partial charge in [-0.05, 0) is 30.4 Å². The number of imide groups is 1. The largest absolute Gasteiger partial charge is 0.507 e. The minimum absolute atomic E-state index is 0.0716. The Balaban J connectivity index is 1.62. The fourth-order valence-electron chi connectivity index (χ4n) is 3.72. The Bertz CT molecular complexity index is 665. The maximum absolute atomic E-state index is 12.4. The molecule has 0 radical (unpaired) electrons. The second kappa shape index (κ2) is 4.28. The minimum atomic E-state index is -0.242. The van der Waals surface area contributed by atoms with E-state index >= 15 is 0 Å². The molecule has 21 heavy (non-hydrogen) atoms. The number of phenols is 1. The molecule has 1 aromatic carbocycles. The number of phenolic OH excluding ortho intramolecular Hbond substituents is 1. The molecule has 2 fully saturated rings. The Hall–Kier alpha value is -2.43. The van der Waals surface area contributed by atoms with E-state index in [1.54, 1.807) is 18.2 Å². The highest BCUT2D eigenvalue weighted by molar-refractivity contribution is 6.06. The Morgan fingerprint density at radius 2 is 1.71 bits per heavy atom. The van der Waals surface area contributed by atoms with Crippen LogP contribution in [0, 0.1) is 23.7 Å². The van der Waals surface area contributed by atoms with Gasteiger partial charge >= 0.3 is 0 Å². The van der Waals surface area contributed by atoms with Gasteiger partial charge in [-0.1, -0.05) is 24.3 Å². The fourth-order valence-corrected chi connectivity index (χ4v) is 3.72. The van der Waals surface area contributed by atoms with Crippen LogP contribution in [0.3, 0.4) is 0 Å². The summed E-state index contributed by atoms with van der Waals surface area (Å²) in [6, 6.07) is 6.67. The molecule has 1 saturated heterocycles. The molecule has 2 amide bonds. The lowest BCUT2D eigenvalue weighted by atomic mass is 9.85. The van der Waals surface area contributed by atoms with Gasteiger partial charge in [0.05, 0.1) is 18.1 Å². The van der Waals surface area contributed by atoms with Gasteiger partial charge in [0.1, 0.15) is 5.75 Å². The van der Waals surface area contributed by atoms with Gasteiger partial charge < -0.3 is 5.11 Å². The molecule has 3 aliphatic rings. The molecule has 0 aromatic heterocycles. The van der Waals surface area contributed by atoms with Crippen LogP contribution in [0.2, 0.25) is 0 Å². The number of carbonyl (C=O) groups is 2. The third-order valence-corrected chi connectivity index (χ3v) is 4.70. The molecule has 1 heterocycles. The Labute approximate surface area is 121 Å². The van der Waals surface area contributed by atoms with Gasteiger partial charge in [-0.2, -0.15) is 10.1 Å². The normalized spacial score (nSPS) is 33.4. The molecule has 2 bridgehead atoms. The number of para-hydroxylation sites is 1. The number of hydrogen-bond donors (Lipinski definition) is 1. The van der Waals surface area contributed by atoms with Crippen molar-refractivity contribution >= 4 is 18.0 Å². The average molecular weight is 282 g/mol. The predicted molar refractivity (Wildman–Crippen MR) is 75.3 cm³/mol. The summed E-state index contributed by atoms with van der Waals surface area (Å²) in [5.74, 6) is -0.476. The van der Waals surface area contributed by atoms with Crippen LogP contribution in [0.25, 0.3) is 0 Å². The summed E-state index contributed by atoms with van der Waals surface area (Å²) in [7, 11) is 0. The monoisotopic (exact) mass is 282 g/mol. The summed E-state index contributed by atoms with van der Waals surface area (Å²) in [6.45, 7) is 0. The smallest absolute Gasteiger partial charge is 0.254 e. The summed E-state index contributed by atoms with van der Waals surface area (Å²) < 4.78 is 0. The average Bonchev–Trinajstić information content (AvgIpc) is 3.14. The second-order valence-electron chi connectivity index (χ2n) is 5.79. The lowest BCUT2D eigenvalue weighted by Crippen LogP contribution is -2.28. The lowest BCUT2D eigenvalue weighted by molar-refractivity contribution is -0.140. The number of aromatic hydroxyl groups is 1. The Kier molecular flexibility index (Phi) is 2.51. The number of fused-ring (bicyclic) bond motifs is 5. The van der Waals surface area contributed by atoms with Crippen molar-refractivity contribution in [2.24, 2.45) is 28.8 Å². The number of carbonyl (C=O) groups excluding carboxylic acids is 2. The molecule has 1 aliphatic heterocycles. The summed E-state index contributed by atoms with van der Waals surface area (Å²) in [5.41, 5.74) is 0.483. The molecular weight excluding hydrogens is 268 g/mol. The van der Waals surface area contributed by atoms with Crippen molar-refractivity contribution in [1.82, 2.24) is 5.01 Å². The first-order valence-corrected chi connectivity index (χ1v) is 7.05. The topological polar surface area (TPSA) is 70.0 Å². The summed E-state index contributed by atoms with van der Waals surface area (Å²) in [6.07, 6.45) is 6.37. The van der Waals surface area contributed by atoms with E-state index in [4.69, 9.17) is 0 Å². The molecule has 5 nitrogen and oxygen atoms in total. The highest BCUT2D eigenvalue weighted by Gasteiger charge is 2.59. The summed E-state index contributed by atoms with van der Waals surface area (Å²) in [4.78, 5) is 24.8. The molecule has 1 aromatic rings. The molecule has 2 aliphatic carbocycles. The summed E-state index contributed by atoms with van der Waals surface area (Å²) in [5, 5.41) is 14.7. The molecule has 0 unspecified atom stereocenters. The van der Waals surface area contributed by atoms with Crippen molar-refractivity contribution in [2.75, 3.05) is 0 Å². The van der Waals surface area contributed by atoms with Gasteiger partial charge in [0.25, 0.3) is 11.8 Å². The number of rotatable bonds is 2. The van der Waals surface area contributed by atoms with Crippen LogP contribution in [0.15, 0.2) is 41.5 Å². The molecule has 4 atom stereocenters. The number of allylic oxidation sites excluding steroid dienone is 2. The predicted octanol–water partition coefficient (Wildman–Crippen LogP) is 1.53. The number of hydrogen-bond acceptors (Lipinski definition) is 4. The van der Waals surface area contributed by atoms with Crippen LogP contribution in [0.1, 0.15) is 12.0 Å². The minimum Gasteiger partial charge on any atom is -0.507 e. The van der Waals surface area contributed by atoms with E-state index in [-0.39, 0.29) is 41.2 Å². The Morgan fingerprint density at radius 3 is 2.33 bits per heavy atom. The lowest BCUT2D eigenvalue weighted by Gasteiger charge is -2.13. The first kappa shape index (κ1) is 12.3. The first-order valence-electron chi connectivity index (χ1n) is 7.05. The third-order valence-electron chi connectivity index (χ3n) is 4.70. The third kappa shape index (κ3) is 1.67. The standard InChI is InChI=1S/C16H14N2O3/c19-12-4-2-1-3-11(12)8-17-18-15(20)13-9-5-6-10(7-9)14(13)16(18)21/h1-6,8-10,13-14,19H,7H2/b17-8-/t9-,10-,13-,14-/m0/s1. The van der Waals surface area contributed by atoms with Gasteiger partial charge in [-0.3, -0.25) is 9.59 Å². The maximum atomic E-state index is 12.4. The molecule has 1 N–H and O–H groups in total. The zero-order valence-corrected chi connectivity index (χ0v) is 11.2.